The molecule has 0 aliphatic heterocycles. The van der Waals surface area contributed by atoms with E-state index in [1.165, 1.54) is 12.1 Å². The van der Waals surface area contributed by atoms with Crippen molar-refractivity contribution >= 4 is 58.7 Å². The van der Waals surface area contributed by atoms with E-state index in [0.717, 1.165) is 6.21 Å². The van der Waals surface area contributed by atoms with E-state index in [2.05, 4.69) is 20.6 Å². The summed E-state index contributed by atoms with van der Waals surface area (Å²) in [5.74, 6) is -0.662. The molecule has 0 bridgehead atoms. The van der Waals surface area contributed by atoms with E-state index in [-0.39, 0.29) is 21.7 Å². The van der Waals surface area contributed by atoms with E-state index in [4.69, 9.17) is 34.8 Å². The van der Waals surface area contributed by atoms with Crippen LogP contribution in [0.3, 0.4) is 0 Å². The molecule has 0 fully saturated rings. The van der Waals surface area contributed by atoms with Crippen molar-refractivity contribution in [2.45, 2.75) is 6.92 Å². The summed E-state index contributed by atoms with van der Waals surface area (Å²) in [4.78, 5) is 22.4. The van der Waals surface area contributed by atoms with Gasteiger partial charge in [0.2, 0.25) is 0 Å². The number of urea groups is 1. The van der Waals surface area contributed by atoms with Crippen molar-refractivity contribution in [2.75, 3.05) is 11.9 Å². The monoisotopic (exact) mass is 337 g/mol. The Kier molecular flexibility index (Phi) is 6.57. The lowest BCUT2D eigenvalue weighted by Gasteiger charge is -2.06. The zero-order valence-corrected chi connectivity index (χ0v) is 12.5. The van der Waals surface area contributed by atoms with Crippen LogP contribution in [0.5, 0.6) is 0 Å². The zero-order valence-electron chi connectivity index (χ0n) is 10.2. The van der Waals surface area contributed by atoms with Gasteiger partial charge >= 0.3 is 12.0 Å². The highest BCUT2D eigenvalue weighted by Crippen LogP contribution is 2.32. The number of carbonyl (C=O) groups excluding carboxylic acids is 2. The van der Waals surface area contributed by atoms with Crippen LogP contribution in [0.25, 0.3) is 0 Å². The molecule has 2 N–H and O–H groups in total. The number of hydrazone groups is 1. The van der Waals surface area contributed by atoms with Crippen LogP contribution in [0, 0.1) is 0 Å². The maximum Gasteiger partial charge on any atom is 0.351 e. The molecule has 20 heavy (non-hydrogen) atoms. The first-order chi connectivity index (χ1) is 9.43. The van der Waals surface area contributed by atoms with Crippen LogP contribution in [0.15, 0.2) is 17.2 Å². The predicted molar refractivity (Wildman–Crippen MR) is 78.8 cm³/mol. The van der Waals surface area contributed by atoms with E-state index in [1.54, 1.807) is 6.92 Å². The number of benzene rings is 1. The van der Waals surface area contributed by atoms with Crippen molar-refractivity contribution in [2.24, 2.45) is 5.10 Å². The Hall–Kier alpha value is -1.50. The van der Waals surface area contributed by atoms with Gasteiger partial charge in [-0.3, -0.25) is 0 Å². The number of halogens is 3. The van der Waals surface area contributed by atoms with Gasteiger partial charge in [-0.2, -0.15) is 5.10 Å². The zero-order chi connectivity index (χ0) is 15.1. The third kappa shape index (κ3) is 5.24. The van der Waals surface area contributed by atoms with Crippen LogP contribution in [0.1, 0.15) is 6.92 Å². The second kappa shape index (κ2) is 7.94. The molecular formula is C11H10Cl3N3O3. The standard InChI is InChI=1S/C11H10Cl3N3O3/c1-2-20-9(18)5-15-17-11(19)16-6-3-7(12)10(14)8(13)4-6/h3-5H,2H2,1H3,(H2,16,17,19)/b15-5+. The van der Waals surface area contributed by atoms with Gasteiger partial charge in [-0.15, -0.1) is 0 Å². The molecule has 2 amide bonds. The number of ether oxygens (including phenoxy) is 1. The summed E-state index contributed by atoms with van der Waals surface area (Å²) >= 11 is 17.4. The number of rotatable bonds is 4. The van der Waals surface area contributed by atoms with Crippen LogP contribution in [-0.4, -0.2) is 24.8 Å². The maximum atomic E-state index is 11.5. The molecule has 6 nitrogen and oxygen atoms in total. The number of amides is 2. The summed E-state index contributed by atoms with van der Waals surface area (Å²) in [6, 6.07) is 2.16. The van der Waals surface area contributed by atoms with Crippen molar-refractivity contribution in [3.8, 4) is 0 Å². The molecule has 0 radical (unpaired) electrons. The molecule has 0 aliphatic carbocycles. The molecule has 0 atom stereocenters. The Morgan fingerprint density at radius 1 is 1.30 bits per heavy atom. The normalized spacial score (nSPS) is 10.4. The van der Waals surface area contributed by atoms with Crippen molar-refractivity contribution in [1.29, 1.82) is 0 Å². The quantitative estimate of drug-likeness (QED) is 0.382. The van der Waals surface area contributed by atoms with Crippen LogP contribution < -0.4 is 10.7 Å². The molecule has 0 spiro atoms. The van der Waals surface area contributed by atoms with Gasteiger partial charge < -0.3 is 10.1 Å². The van der Waals surface area contributed by atoms with E-state index in [9.17, 15) is 9.59 Å². The Morgan fingerprint density at radius 3 is 2.45 bits per heavy atom. The predicted octanol–water partition coefficient (Wildman–Crippen LogP) is 3.32. The molecule has 0 saturated heterocycles. The van der Waals surface area contributed by atoms with Crippen molar-refractivity contribution in [3.63, 3.8) is 0 Å². The highest BCUT2D eigenvalue weighted by molar-refractivity contribution is 6.48. The van der Waals surface area contributed by atoms with Crippen LogP contribution in [-0.2, 0) is 9.53 Å². The van der Waals surface area contributed by atoms with Crippen molar-refractivity contribution in [3.05, 3.63) is 27.2 Å². The molecule has 1 rings (SSSR count). The van der Waals surface area contributed by atoms with Gasteiger partial charge in [0, 0.05) is 5.69 Å². The molecular weight excluding hydrogens is 328 g/mol. The van der Waals surface area contributed by atoms with E-state index in [0.29, 0.717) is 5.69 Å². The van der Waals surface area contributed by atoms with Crippen LogP contribution in [0.2, 0.25) is 15.1 Å². The second-order valence-corrected chi connectivity index (χ2v) is 4.52. The molecule has 108 valence electrons. The molecule has 1 aromatic carbocycles. The van der Waals surface area contributed by atoms with Gasteiger partial charge in [-0.05, 0) is 19.1 Å². The average Bonchev–Trinajstić information content (AvgIpc) is 2.36. The topological polar surface area (TPSA) is 79.8 Å². The van der Waals surface area contributed by atoms with Gasteiger partial charge in [0.15, 0.2) is 0 Å². The van der Waals surface area contributed by atoms with Gasteiger partial charge in [0.25, 0.3) is 0 Å². The Morgan fingerprint density at radius 2 is 1.90 bits per heavy atom. The number of nitrogens with one attached hydrogen (secondary N) is 2. The van der Waals surface area contributed by atoms with Crippen LogP contribution >= 0.6 is 34.8 Å². The average molecular weight is 339 g/mol. The second-order valence-electron chi connectivity index (χ2n) is 3.33. The SMILES string of the molecule is CCOC(=O)/C=N/NC(=O)Nc1cc(Cl)c(Cl)c(Cl)c1. The highest BCUT2D eigenvalue weighted by Gasteiger charge is 2.08. The minimum Gasteiger partial charge on any atom is -0.462 e. The number of anilines is 1. The first-order valence-corrected chi connectivity index (χ1v) is 6.48. The number of carbonyl (C=O) groups is 2. The van der Waals surface area contributed by atoms with Crippen molar-refractivity contribution in [1.82, 2.24) is 5.43 Å². The van der Waals surface area contributed by atoms with Gasteiger partial charge in [0.1, 0.15) is 6.21 Å². The number of hydrogen-bond acceptors (Lipinski definition) is 4. The minimum atomic E-state index is -0.681. The molecule has 0 aromatic heterocycles. The van der Waals surface area contributed by atoms with Gasteiger partial charge in [-0.25, -0.2) is 15.0 Å². The first-order valence-electron chi connectivity index (χ1n) is 5.35. The molecule has 0 heterocycles. The Bertz CT molecular complexity index is 526. The lowest BCUT2D eigenvalue weighted by molar-refractivity contribution is -0.134. The Labute approximate surface area is 130 Å². The number of esters is 1. The third-order valence-electron chi connectivity index (χ3n) is 1.86. The summed E-state index contributed by atoms with van der Waals surface area (Å²) in [6.07, 6.45) is 0.838. The van der Waals surface area contributed by atoms with Gasteiger partial charge in [0.05, 0.1) is 21.7 Å². The van der Waals surface area contributed by atoms with E-state index >= 15 is 0 Å². The molecule has 0 aliphatic rings. The minimum absolute atomic E-state index is 0.194. The molecule has 1 aromatic rings. The molecule has 0 unspecified atom stereocenters. The summed E-state index contributed by atoms with van der Waals surface area (Å²) in [7, 11) is 0. The van der Waals surface area contributed by atoms with Crippen molar-refractivity contribution < 1.29 is 14.3 Å². The summed E-state index contributed by atoms with van der Waals surface area (Å²) < 4.78 is 4.58. The smallest absolute Gasteiger partial charge is 0.351 e. The third-order valence-corrected chi connectivity index (χ3v) is 3.06. The Balaban J connectivity index is 2.57. The maximum absolute atomic E-state index is 11.5. The summed E-state index contributed by atoms with van der Waals surface area (Å²) in [6.45, 7) is 1.87. The number of hydrogen-bond donors (Lipinski definition) is 2. The fourth-order valence-electron chi connectivity index (χ4n) is 1.11. The fraction of sp³-hybridized carbons (Fsp3) is 0.182. The van der Waals surface area contributed by atoms with E-state index < -0.39 is 12.0 Å². The lowest BCUT2D eigenvalue weighted by Crippen LogP contribution is -2.25. The molecule has 0 saturated carbocycles. The van der Waals surface area contributed by atoms with E-state index in [1.807, 2.05) is 0 Å². The summed E-state index contributed by atoms with van der Waals surface area (Å²) in [5.41, 5.74) is 2.40. The lowest BCUT2D eigenvalue weighted by atomic mass is 10.3. The van der Waals surface area contributed by atoms with Gasteiger partial charge in [-0.1, -0.05) is 34.8 Å². The summed E-state index contributed by atoms with van der Waals surface area (Å²) in [5, 5.41) is 6.40. The number of nitrogens with zero attached hydrogens (tertiary/aromatic N) is 1. The highest BCUT2D eigenvalue weighted by atomic mass is 35.5. The first kappa shape index (κ1) is 16.6. The van der Waals surface area contributed by atoms with Crippen LogP contribution in [0.4, 0.5) is 10.5 Å². The fourth-order valence-corrected chi connectivity index (χ4v) is 1.71. The molecule has 9 heteroatoms. The largest absolute Gasteiger partial charge is 0.462 e.